The van der Waals surface area contributed by atoms with Gasteiger partial charge in [-0.1, -0.05) is 148 Å². The van der Waals surface area contributed by atoms with Crippen LogP contribution in [0.4, 0.5) is 17.1 Å². The molecule has 0 heterocycles. The highest BCUT2D eigenvalue weighted by Gasteiger charge is 2.36. The zero-order valence-corrected chi connectivity index (χ0v) is 30.0. The molecule has 0 N–H and O–H groups in total. The van der Waals surface area contributed by atoms with E-state index >= 15 is 0 Å². The van der Waals surface area contributed by atoms with Crippen molar-refractivity contribution in [3.8, 4) is 33.4 Å². The molecule has 0 bridgehead atoms. The van der Waals surface area contributed by atoms with Crippen molar-refractivity contribution in [2.75, 3.05) is 4.90 Å². The van der Waals surface area contributed by atoms with Crippen LogP contribution in [0.5, 0.6) is 0 Å². The van der Waals surface area contributed by atoms with Gasteiger partial charge in [0.25, 0.3) is 0 Å². The van der Waals surface area contributed by atoms with Gasteiger partial charge in [0.1, 0.15) is 0 Å². The van der Waals surface area contributed by atoms with Crippen molar-refractivity contribution < 1.29 is 0 Å². The summed E-state index contributed by atoms with van der Waals surface area (Å²) in [5, 5.41) is 2.48. The average molecular weight is 660 g/mol. The molecule has 0 unspecified atom stereocenters. The van der Waals surface area contributed by atoms with E-state index in [0.717, 1.165) is 11.6 Å². The maximum Gasteiger partial charge on any atom is 0.0546 e. The standard InChI is InChI=1S/C50H45N/c1-34-13-7-10-18-43(34)46-31-39-16-8-9-17-40(39)32-49(46)51(42-29-30-45-44-19-11-12-20-47(44)50(2,3)48(45)33-42)41-27-25-38(26-28-41)37-23-21-36(22-24-37)35-14-5-4-6-15-35/h7-13,16-33,35H,4-6,14-15H2,1-3H3. The van der Waals surface area contributed by atoms with E-state index in [-0.39, 0.29) is 5.41 Å². The van der Waals surface area contributed by atoms with Gasteiger partial charge in [0, 0.05) is 22.4 Å². The molecular weight excluding hydrogens is 615 g/mol. The second kappa shape index (κ2) is 12.7. The maximum absolute atomic E-state index is 2.49. The number of rotatable bonds is 6. The summed E-state index contributed by atoms with van der Waals surface area (Å²) in [5.74, 6) is 0.721. The molecule has 9 rings (SSSR count). The van der Waals surface area contributed by atoms with E-state index < -0.39 is 0 Å². The average Bonchev–Trinajstić information content (AvgIpc) is 3.41. The minimum Gasteiger partial charge on any atom is -0.310 e. The van der Waals surface area contributed by atoms with Crippen LogP contribution in [0.25, 0.3) is 44.2 Å². The number of anilines is 3. The fraction of sp³-hybridized carbons (Fsp3) is 0.200. The number of aryl methyl sites for hydroxylation is 1. The first kappa shape index (κ1) is 31.6. The van der Waals surface area contributed by atoms with Crippen LogP contribution in [-0.2, 0) is 5.41 Å². The summed E-state index contributed by atoms with van der Waals surface area (Å²) in [4.78, 5) is 2.49. The zero-order chi connectivity index (χ0) is 34.5. The summed E-state index contributed by atoms with van der Waals surface area (Å²) >= 11 is 0. The first-order valence-corrected chi connectivity index (χ1v) is 18.8. The molecule has 0 spiro atoms. The third kappa shape index (κ3) is 5.56. The molecule has 7 aromatic carbocycles. The Balaban J connectivity index is 1.20. The molecule has 0 atom stereocenters. The number of hydrogen-bond donors (Lipinski definition) is 0. The van der Waals surface area contributed by atoms with Crippen LogP contribution < -0.4 is 4.90 Å². The van der Waals surface area contributed by atoms with Gasteiger partial charge in [0.05, 0.1) is 5.69 Å². The molecular formula is C50H45N. The quantitative estimate of drug-likeness (QED) is 0.172. The highest BCUT2D eigenvalue weighted by atomic mass is 15.1. The highest BCUT2D eigenvalue weighted by molar-refractivity contribution is 5.99. The Morgan fingerprint density at radius 3 is 1.80 bits per heavy atom. The second-order valence-electron chi connectivity index (χ2n) is 15.3. The summed E-state index contributed by atoms with van der Waals surface area (Å²) in [6, 6.07) is 57.0. The van der Waals surface area contributed by atoms with Gasteiger partial charge < -0.3 is 4.90 Å². The molecule has 0 amide bonds. The molecule has 0 aromatic heterocycles. The van der Waals surface area contributed by atoms with E-state index in [2.05, 4.69) is 177 Å². The van der Waals surface area contributed by atoms with Gasteiger partial charge >= 0.3 is 0 Å². The lowest BCUT2D eigenvalue weighted by molar-refractivity contribution is 0.443. The highest BCUT2D eigenvalue weighted by Crippen LogP contribution is 2.51. The molecule has 2 aliphatic rings. The van der Waals surface area contributed by atoms with E-state index in [1.807, 2.05) is 0 Å². The number of benzene rings is 7. The lowest BCUT2D eigenvalue weighted by atomic mass is 9.82. The van der Waals surface area contributed by atoms with Gasteiger partial charge in [-0.25, -0.2) is 0 Å². The molecule has 0 aliphatic heterocycles. The Kier molecular flexibility index (Phi) is 7.88. The molecule has 2 aliphatic carbocycles. The monoisotopic (exact) mass is 659 g/mol. The van der Waals surface area contributed by atoms with Crippen LogP contribution in [0.3, 0.4) is 0 Å². The lowest BCUT2D eigenvalue weighted by Gasteiger charge is -2.30. The summed E-state index contributed by atoms with van der Waals surface area (Å²) in [7, 11) is 0. The van der Waals surface area contributed by atoms with Gasteiger partial charge in [-0.3, -0.25) is 0 Å². The molecule has 1 saturated carbocycles. The molecule has 1 heteroatoms. The predicted molar refractivity (Wildman–Crippen MR) is 218 cm³/mol. The Hall–Kier alpha value is -5.40. The Bertz CT molecular complexity index is 2370. The van der Waals surface area contributed by atoms with Gasteiger partial charge in [-0.15, -0.1) is 0 Å². The van der Waals surface area contributed by atoms with Crippen molar-refractivity contribution in [3.05, 3.63) is 174 Å². The minimum absolute atomic E-state index is 0.0938. The fourth-order valence-electron chi connectivity index (χ4n) is 8.95. The van der Waals surface area contributed by atoms with Crippen molar-refractivity contribution in [2.45, 2.75) is 64.2 Å². The van der Waals surface area contributed by atoms with Gasteiger partial charge in [-0.2, -0.15) is 0 Å². The Morgan fingerprint density at radius 2 is 1.08 bits per heavy atom. The van der Waals surface area contributed by atoms with E-state index in [1.165, 1.54) is 110 Å². The number of hydrogen-bond acceptors (Lipinski definition) is 1. The summed E-state index contributed by atoms with van der Waals surface area (Å²) < 4.78 is 0. The van der Waals surface area contributed by atoms with Gasteiger partial charge in [0.15, 0.2) is 0 Å². The number of nitrogens with zero attached hydrogens (tertiary/aromatic N) is 1. The third-order valence-electron chi connectivity index (χ3n) is 11.8. The van der Waals surface area contributed by atoms with Crippen LogP contribution in [0.1, 0.15) is 74.1 Å². The van der Waals surface area contributed by atoms with E-state index in [9.17, 15) is 0 Å². The van der Waals surface area contributed by atoms with Crippen LogP contribution in [0.2, 0.25) is 0 Å². The SMILES string of the molecule is Cc1ccccc1-c1cc2ccccc2cc1N(c1ccc(-c2ccc(C3CCCCC3)cc2)cc1)c1ccc2c(c1)C(C)(C)c1ccccc1-2. The molecule has 0 radical (unpaired) electrons. The van der Waals surface area contributed by atoms with Crippen LogP contribution in [-0.4, -0.2) is 0 Å². The topological polar surface area (TPSA) is 3.24 Å². The van der Waals surface area contributed by atoms with Crippen LogP contribution >= 0.6 is 0 Å². The van der Waals surface area contributed by atoms with Crippen LogP contribution in [0.15, 0.2) is 152 Å². The lowest BCUT2D eigenvalue weighted by Crippen LogP contribution is -2.17. The largest absolute Gasteiger partial charge is 0.310 e. The van der Waals surface area contributed by atoms with E-state index in [0.29, 0.717) is 0 Å². The molecule has 1 fully saturated rings. The molecule has 250 valence electrons. The predicted octanol–water partition coefficient (Wildman–Crippen LogP) is 14.3. The third-order valence-corrected chi connectivity index (χ3v) is 11.8. The Labute approximate surface area is 303 Å². The van der Waals surface area contributed by atoms with E-state index in [1.54, 1.807) is 0 Å². The van der Waals surface area contributed by atoms with Crippen molar-refractivity contribution in [1.82, 2.24) is 0 Å². The van der Waals surface area contributed by atoms with Gasteiger partial charge in [-0.05, 0) is 123 Å². The molecule has 0 saturated heterocycles. The normalized spacial score (nSPS) is 15.0. The number of fused-ring (bicyclic) bond motifs is 4. The zero-order valence-electron chi connectivity index (χ0n) is 30.0. The smallest absolute Gasteiger partial charge is 0.0546 e. The van der Waals surface area contributed by atoms with Crippen molar-refractivity contribution >= 4 is 27.8 Å². The fourth-order valence-corrected chi connectivity index (χ4v) is 8.95. The van der Waals surface area contributed by atoms with Crippen molar-refractivity contribution in [1.29, 1.82) is 0 Å². The van der Waals surface area contributed by atoms with Crippen LogP contribution in [0, 0.1) is 6.92 Å². The molecule has 1 nitrogen and oxygen atoms in total. The minimum atomic E-state index is -0.0938. The maximum atomic E-state index is 2.49. The summed E-state index contributed by atoms with van der Waals surface area (Å²) in [6.45, 7) is 6.96. The first-order valence-electron chi connectivity index (χ1n) is 18.8. The van der Waals surface area contributed by atoms with Crippen molar-refractivity contribution in [3.63, 3.8) is 0 Å². The summed E-state index contributed by atoms with van der Waals surface area (Å²) in [6.07, 6.45) is 6.77. The van der Waals surface area contributed by atoms with Gasteiger partial charge in [0.2, 0.25) is 0 Å². The first-order chi connectivity index (χ1) is 25.0. The van der Waals surface area contributed by atoms with Crippen molar-refractivity contribution in [2.24, 2.45) is 0 Å². The molecule has 7 aromatic rings. The second-order valence-corrected chi connectivity index (χ2v) is 15.3. The molecule has 51 heavy (non-hydrogen) atoms. The Morgan fingerprint density at radius 1 is 0.490 bits per heavy atom. The summed E-state index contributed by atoms with van der Waals surface area (Å²) in [5.41, 5.74) is 16.6. The van der Waals surface area contributed by atoms with E-state index in [4.69, 9.17) is 0 Å².